The third-order valence-electron chi connectivity index (χ3n) is 3.70. The molecule has 25 heavy (non-hydrogen) atoms. The molecule has 2 heterocycles. The number of nitrogens with two attached hydrogens (primary N) is 1. The van der Waals surface area contributed by atoms with Gasteiger partial charge >= 0.3 is 6.18 Å². The predicted octanol–water partition coefficient (Wildman–Crippen LogP) is 2.39. The monoisotopic (exact) mass is 393 g/mol. The summed E-state index contributed by atoms with van der Waals surface area (Å²) in [6.07, 6.45) is -3.63. The number of nitrogens with zero attached hydrogens (tertiary/aromatic N) is 2. The summed E-state index contributed by atoms with van der Waals surface area (Å²) in [5, 5.41) is 5.55. The van der Waals surface area contributed by atoms with E-state index in [-0.39, 0.29) is 4.21 Å². The lowest BCUT2D eigenvalue weighted by molar-refractivity contribution is -0.137. The van der Waals surface area contributed by atoms with E-state index < -0.39 is 27.9 Å². The molecule has 2 aromatic rings. The number of benzene rings is 1. The van der Waals surface area contributed by atoms with Crippen molar-refractivity contribution in [3.63, 3.8) is 0 Å². The molecule has 3 rings (SSSR count). The van der Waals surface area contributed by atoms with E-state index in [1.165, 1.54) is 18.3 Å². The van der Waals surface area contributed by atoms with Crippen LogP contribution in [0.25, 0.3) is 0 Å². The number of rotatable bonds is 3. The van der Waals surface area contributed by atoms with Gasteiger partial charge in [0.05, 0.1) is 24.9 Å². The minimum Gasteiger partial charge on any atom is -0.370 e. The average molecular weight is 393 g/mol. The maximum atomic E-state index is 12.6. The van der Waals surface area contributed by atoms with Crippen LogP contribution in [0.15, 0.2) is 34.7 Å². The Hall–Kier alpha value is -1.69. The second-order valence-electron chi connectivity index (χ2n) is 5.43. The van der Waals surface area contributed by atoms with E-state index in [0.29, 0.717) is 30.4 Å². The zero-order chi connectivity index (χ0) is 18.2. The molecule has 0 amide bonds. The molecule has 1 aliphatic rings. The number of hydrogen-bond acceptors (Lipinski definition) is 6. The molecule has 1 aliphatic heterocycles. The lowest BCUT2D eigenvalue weighted by Crippen LogP contribution is -2.38. The van der Waals surface area contributed by atoms with Crippen LogP contribution in [0.5, 0.6) is 0 Å². The number of ether oxygens (including phenoxy) is 1. The summed E-state index contributed by atoms with van der Waals surface area (Å²) in [5.74, 6) is 0. The molecule has 0 saturated carbocycles. The molecule has 136 valence electrons. The van der Waals surface area contributed by atoms with Crippen molar-refractivity contribution in [3.8, 4) is 0 Å². The van der Waals surface area contributed by atoms with Crippen LogP contribution in [0.2, 0.25) is 0 Å². The Morgan fingerprint density at radius 1 is 1.28 bits per heavy atom. The lowest BCUT2D eigenvalue weighted by Gasteiger charge is -2.33. The number of aromatic nitrogens is 1. The second kappa shape index (κ2) is 6.56. The summed E-state index contributed by atoms with van der Waals surface area (Å²) in [6.45, 7) is 1.19. The van der Waals surface area contributed by atoms with Crippen molar-refractivity contribution in [1.82, 2.24) is 4.98 Å². The number of hydrogen-bond donors (Lipinski definition) is 1. The molecule has 6 nitrogen and oxygen atoms in total. The fraction of sp³-hybridized carbons (Fsp3) is 0.357. The summed E-state index contributed by atoms with van der Waals surface area (Å²) >= 11 is 0.947. The Morgan fingerprint density at radius 2 is 1.96 bits per heavy atom. The van der Waals surface area contributed by atoms with Gasteiger partial charge in [0, 0.05) is 6.54 Å². The number of anilines is 1. The van der Waals surface area contributed by atoms with Crippen LogP contribution in [0, 0.1) is 0 Å². The number of sulfonamides is 1. The molecular weight excluding hydrogens is 379 g/mol. The van der Waals surface area contributed by atoms with Gasteiger partial charge in [0.1, 0.15) is 6.10 Å². The van der Waals surface area contributed by atoms with Crippen LogP contribution >= 0.6 is 11.3 Å². The zero-order valence-corrected chi connectivity index (χ0v) is 14.4. The van der Waals surface area contributed by atoms with Crippen LogP contribution in [-0.2, 0) is 20.9 Å². The molecule has 1 aromatic carbocycles. The van der Waals surface area contributed by atoms with E-state index in [1.807, 2.05) is 4.90 Å². The fourth-order valence-electron chi connectivity index (χ4n) is 2.44. The van der Waals surface area contributed by atoms with Crippen molar-refractivity contribution in [1.29, 1.82) is 0 Å². The van der Waals surface area contributed by atoms with Gasteiger partial charge in [-0.05, 0) is 17.7 Å². The van der Waals surface area contributed by atoms with Crippen molar-refractivity contribution in [2.75, 3.05) is 24.6 Å². The minimum absolute atomic E-state index is 0.0416. The van der Waals surface area contributed by atoms with Gasteiger partial charge in [-0.25, -0.2) is 18.5 Å². The average Bonchev–Trinajstić information content (AvgIpc) is 3.05. The SMILES string of the molecule is NS(=O)(=O)c1cnc(N2CCOC(c3ccc(C(F)(F)F)cc3)C2)s1. The summed E-state index contributed by atoms with van der Waals surface area (Å²) in [4.78, 5) is 5.89. The fourth-order valence-corrected chi connectivity index (χ4v) is 4.01. The number of morpholine rings is 1. The van der Waals surface area contributed by atoms with E-state index in [0.717, 1.165) is 23.5 Å². The summed E-state index contributed by atoms with van der Waals surface area (Å²) in [6, 6.07) is 4.80. The molecule has 1 saturated heterocycles. The third kappa shape index (κ3) is 4.11. The maximum absolute atomic E-state index is 12.6. The van der Waals surface area contributed by atoms with E-state index in [9.17, 15) is 21.6 Å². The van der Waals surface area contributed by atoms with E-state index in [4.69, 9.17) is 9.88 Å². The van der Waals surface area contributed by atoms with E-state index in [1.54, 1.807) is 0 Å². The molecular formula is C14H14F3N3O3S2. The minimum atomic E-state index is -4.39. The highest BCUT2D eigenvalue weighted by Crippen LogP contribution is 2.33. The zero-order valence-electron chi connectivity index (χ0n) is 12.7. The number of alkyl halides is 3. The van der Waals surface area contributed by atoms with Gasteiger partial charge in [0.15, 0.2) is 9.34 Å². The van der Waals surface area contributed by atoms with Crippen LogP contribution in [0.1, 0.15) is 17.2 Å². The highest BCUT2D eigenvalue weighted by molar-refractivity contribution is 7.91. The van der Waals surface area contributed by atoms with Gasteiger partial charge in [0.2, 0.25) is 10.0 Å². The molecule has 11 heteroatoms. The molecule has 0 spiro atoms. The Labute approximate surface area is 146 Å². The molecule has 0 aliphatic carbocycles. The summed E-state index contributed by atoms with van der Waals surface area (Å²) < 4.78 is 66.2. The molecule has 1 aromatic heterocycles. The van der Waals surface area contributed by atoms with Crippen molar-refractivity contribution in [2.24, 2.45) is 5.14 Å². The topological polar surface area (TPSA) is 85.5 Å². The maximum Gasteiger partial charge on any atom is 0.416 e. The van der Waals surface area contributed by atoms with Gasteiger partial charge < -0.3 is 9.64 Å². The predicted molar refractivity (Wildman–Crippen MR) is 85.8 cm³/mol. The second-order valence-corrected chi connectivity index (χ2v) is 8.23. The van der Waals surface area contributed by atoms with Gasteiger partial charge in [-0.3, -0.25) is 0 Å². The summed E-state index contributed by atoms with van der Waals surface area (Å²) in [7, 11) is -3.81. The molecule has 0 radical (unpaired) electrons. The summed E-state index contributed by atoms with van der Waals surface area (Å²) in [5.41, 5.74) is -0.109. The van der Waals surface area contributed by atoms with Crippen molar-refractivity contribution >= 4 is 26.5 Å². The van der Waals surface area contributed by atoms with Crippen molar-refractivity contribution in [2.45, 2.75) is 16.5 Å². The quantitative estimate of drug-likeness (QED) is 0.866. The lowest BCUT2D eigenvalue weighted by atomic mass is 10.1. The highest BCUT2D eigenvalue weighted by atomic mass is 32.2. The Kier molecular flexibility index (Phi) is 4.75. The van der Waals surface area contributed by atoms with Crippen molar-refractivity contribution in [3.05, 3.63) is 41.6 Å². The molecule has 1 unspecified atom stereocenters. The first-order valence-corrected chi connectivity index (χ1v) is 9.53. The van der Waals surface area contributed by atoms with Gasteiger partial charge in [-0.15, -0.1) is 0 Å². The Morgan fingerprint density at radius 3 is 2.52 bits per heavy atom. The van der Waals surface area contributed by atoms with Gasteiger partial charge in [-0.1, -0.05) is 23.5 Å². The van der Waals surface area contributed by atoms with Gasteiger partial charge in [0.25, 0.3) is 0 Å². The normalized spacial score (nSPS) is 19.2. The van der Waals surface area contributed by atoms with Crippen molar-refractivity contribution < 1.29 is 26.3 Å². The third-order valence-corrected chi connectivity index (χ3v) is 6.17. The van der Waals surface area contributed by atoms with Crippen LogP contribution in [0.3, 0.4) is 0 Å². The molecule has 0 bridgehead atoms. The van der Waals surface area contributed by atoms with E-state index >= 15 is 0 Å². The first-order valence-electron chi connectivity index (χ1n) is 7.17. The smallest absolute Gasteiger partial charge is 0.370 e. The Bertz CT molecular complexity index is 850. The van der Waals surface area contributed by atoms with Crippen LogP contribution in [-0.4, -0.2) is 33.1 Å². The number of halogens is 3. The first-order chi connectivity index (χ1) is 11.6. The van der Waals surface area contributed by atoms with Crippen LogP contribution in [0.4, 0.5) is 18.3 Å². The number of thiazole rings is 1. The largest absolute Gasteiger partial charge is 0.416 e. The van der Waals surface area contributed by atoms with Crippen LogP contribution < -0.4 is 10.0 Å². The van der Waals surface area contributed by atoms with Gasteiger partial charge in [-0.2, -0.15) is 13.2 Å². The first kappa shape index (κ1) is 18.1. The highest BCUT2D eigenvalue weighted by Gasteiger charge is 2.31. The standard InChI is InChI=1S/C14H14F3N3O3S2/c15-14(16,17)10-3-1-9(2-4-10)11-8-20(5-6-23-11)13-19-7-12(24-13)25(18,21)22/h1-4,7,11H,5-6,8H2,(H2,18,21,22). The molecule has 2 N–H and O–H groups in total. The molecule has 1 fully saturated rings. The van der Waals surface area contributed by atoms with E-state index in [2.05, 4.69) is 4.98 Å². The number of primary sulfonamides is 1. The molecule has 1 atom stereocenters. The Balaban J connectivity index is 1.76.